The van der Waals surface area contributed by atoms with Gasteiger partial charge in [-0.05, 0) is 56.9 Å². The number of aromatic nitrogens is 4. The van der Waals surface area contributed by atoms with Crippen LogP contribution in [0, 0.1) is 13.8 Å². The molecule has 0 spiro atoms. The van der Waals surface area contributed by atoms with Crippen LogP contribution in [0.5, 0.6) is 0 Å². The second-order valence-corrected chi connectivity index (χ2v) is 6.53. The number of hydrogen-bond donors (Lipinski definition) is 2. The van der Waals surface area contributed by atoms with Gasteiger partial charge in [-0.25, -0.2) is 4.98 Å². The van der Waals surface area contributed by atoms with Gasteiger partial charge in [0.25, 0.3) is 5.91 Å². The Morgan fingerprint density at radius 1 is 1.29 bits per heavy atom. The third kappa shape index (κ3) is 2.48. The monoisotopic (exact) mass is 323 g/mol. The number of imidazole rings is 1. The van der Waals surface area contributed by atoms with Crippen LogP contribution in [0.25, 0.3) is 11.0 Å². The van der Waals surface area contributed by atoms with Crippen molar-refractivity contribution in [3.63, 3.8) is 0 Å². The number of hydrogen-bond acceptors (Lipinski definition) is 3. The molecule has 24 heavy (non-hydrogen) atoms. The van der Waals surface area contributed by atoms with Crippen LogP contribution in [0.2, 0.25) is 0 Å². The van der Waals surface area contributed by atoms with Crippen LogP contribution in [-0.4, -0.2) is 37.5 Å². The first-order valence-electron chi connectivity index (χ1n) is 8.40. The minimum atomic E-state index is 0.0721. The lowest BCUT2D eigenvalue weighted by atomic mass is 9.96. The van der Waals surface area contributed by atoms with E-state index in [1.165, 1.54) is 0 Å². The highest BCUT2D eigenvalue weighted by atomic mass is 16.2. The maximum atomic E-state index is 13.1. The summed E-state index contributed by atoms with van der Waals surface area (Å²) in [6, 6.07) is 5.76. The first kappa shape index (κ1) is 14.9. The van der Waals surface area contributed by atoms with Gasteiger partial charge in [0.15, 0.2) is 0 Å². The molecule has 1 saturated heterocycles. The molecule has 0 saturated carbocycles. The van der Waals surface area contributed by atoms with Crippen molar-refractivity contribution in [3.8, 4) is 0 Å². The zero-order valence-corrected chi connectivity index (χ0v) is 14.0. The molecule has 0 radical (unpaired) electrons. The van der Waals surface area contributed by atoms with Crippen molar-refractivity contribution in [2.24, 2.45) is 0 Å². The van der Waals surface area contributed by atoms with Crippen LogP contribution in [0.4, 0.5) is 0 Å². The van der Waals surface area contributed by atoms with Gasteiger partial charge in [-0.3, -0.25) is 9.89 Å². The number of carbonyl (C=O) groups excluding carboxylic acids is 1. The summed E-state index contributed by atoms with van der Waals surface area (Å²) in [6.07, 6.45) is 4.97. The number of piperidine rings is 1. The van der Waals surface area contributed by atoms with Gasteiger partial charge in [0.05, 0.1) is 29.0 Å². The molecule has 124 valence electrons. The summed E-state index contributed by atoms with van der Waals surface area (Å²) in [6.45, 7) is 4.74. The average Bonchev–Trinajstić information content (AvgIpc) is 3.17. The van der Waals surface area contributed by atoms with Crippen molar-refractivity contribution in [1.29, 1.82) is 0 Å². The minimum absolute atomic E-state index is 0.0721. The highest BCUT2D eigenvalue weighted by Crippen LogP contribution is 2.32. The highest BCUT2D eigenvalue weighted by molar-refractivity contribution is 5.97. The number of aryl methyl sites for hydroxylation is 2. The van der Waals surface area contributed by atoms with Crippen LogP contribution >= 0.6 is 0 Å². The fourth-order valence-corrected chi connectivity index (χ4v) is 3.60. The molecule has 0 bridgehead atoms. The number of aromatic amines is 2. The summed E-state index contributed by atoms with van der Waals surface area (Å²) in [5.41, 5.74) is 4.67. The van der Waals surface area contributed by atoms with E-state index >= 15 is 0 Å². The van der Waals surface area contributed by atoms with Gasteiger partial charge in [0, 0.05) is 12.1 Å². The molecular weight excluding hydrogens is 302 g/mol. The molecule has 0 aliphatic carbocycles. The van der Waals surface area contributed by atoms with E-state index in [1.54, 1.807) is 0 Å². The van der Waals surface area contributed by atoms with Gasteiger partial charge in [-0.15, -0.1) is 0 Å². The molecule has 3 aromatic rings. The third-order valence-electron chi connectivity index (χ3n) is 4.81. The number of H-pyrrole nitrogens is 2. The smallest absolute Gasteiger partial charge is 0.254 e. The Balaban J connectivity index is 1.68. The van der Waals surface area contributed by atoms with Crippen molar-refractivity contribution >= 4 is 16.9 Å². The summed E-state index contributed by atoms with van der Waals surface area (Å²) in [4.78, 5) is 22.7. The standard InChI is InChI=1S/C18H21N5O/c1-11-10-19-22-17(11)16-5-3-4-8-23(16)18(24)13-6-7-14-15(9-13)21-12(2)20-14/h6-7,9-10,16H,3-5,8H2,1-2H3,(H,19,22)(H,20,21)/t16-/m0/s1. The third-order valence-corrected chi connectivity index (χ3v) is 4.81. The molecule has 6 heteroatoms. The van der Waals surface area contributed by atoms with Crippen LogP contribution in [0.3, 0.4) is 0 Å². The predicted octanol–water partition coefficient (Wildman–Crippen LogP) is 3.27. The Bertz CT molecular complexity index is 894. The Morgan fingerprint density at radius 2 is 2.17 bits per heavy atom. The van der Waals surface area contributed by atoms with E-state index in [0.29, 0.717) is 5.56 Å². The second kappa shape index (κ2) is 5.78. The molecule has 1 atom stereocenters. The zero-order valence-electron chi connectivity index (χ0n) is 14.0. The van der Waals surface area contributed by atoms with E-state index in [-0.39, 0.29) is 11.9 Å². The lowest BCUT2D eigenvalue weighted by molar-refractivity contribution is 0.0605. The lowest BCUT2D eigenvalue weighted by Crippen LogP contribution is -2.39. The number of nitrogens with zero attached hydrogens (tertiary/aromatic N) is 3. The summed E-state index contributed by atoms with van der Waals surface area (Å²) in [5, 5.41) is 7.22. The van der Waals surface area contributed by atoms with Gasteiger partial charge in [-0.2, -0.15) is 5.10 Å². The summed E-state index contributed by atoms with van der Waals surface area (Å²) in [7, 11) is 0. The number of likely N-dealkylation sites (tertiary alicyclic amines) is 1. The van der Waals surface area contributed by atoms with Gasteiger partial charge < -0.3 is 9.88 Å². The first-order valence-corrected chi connectivity index (χ1v) is 8.40. The summed E-state index contributed by atoms with van der Waals surface area (Å²) >= 11 is 0. The normalized spacial score (nSPS) is 18.2. The molecule has 2 aromatic heterocycles. The largest absolute Gasteiger partial charge is 0.342 e. The molecule has 4 rings (SSSR count). The van der Waals surface area contributed by atoms with Gasteiger partial charge in [0.2, 0.25) is 0 Å². The second-order valence-electron chi connectivity index (χ2n) is 6.53. The topological polar surface area (TPSA) is 77.7 Å². The molecule has 1 aliphatic heterocycles. The lowest BCUT2D eigenvalue weighted by Gasteiger charge is -2.35. The number of benzene rings is 1. The van der Waals surface area contributed by atoms with Crippen molar-refractivity contribution in [2.45, 2.75) is 39.2 Å². The quantitative estimate of drug-likeness (QED) is 0.760. The van der Waals surface area contributed by atoms with Crippen molar-refractivity contribution < 1.29 is 4.79 Å². The van der Waals surface area contributed by atoms with E-state index in [1.807, 2.05) is 43.1 Å². The van der Waals surface area contributed by atoms with Crippen LogP contribution in [0.1, 0.15) is 52.7 Å². The van der Waals surface area contributed by atoms with Crippen LogP contribution in [-0.2, 0) is 0 Å². The molecule has 6 nitrogen and oxygen atoms in total. The van der Waals surface area contributed by atoms with Gasteiger partial charge in [0.1, 0.15) is 5.82 Å². The first-order chi connectivity index (χ1) is 11.6. The maximum absolute atomic E-state index is 13.1. The van der Waals surface area contributed by atoms with Gasteiger partial charge >= 0.3 is 0 Å². The van der Waals surface area contributed by atoms with Crippen molar-refractivity contribution in [3.05, 3.63) is 47.0 Å². The van der Waals surface area contributed by atoms with Crippen molar-refractivity contribution in [1.82, 2.24) is 25.1 Å². The predicted molar refractivity (Wildman–Crippen MR) is 91.8 cm³/mol. The highest BCUT2D eigenvalue weighted by Gasteiger charge is 2.30. The van der Waals surface area contributed by atoms with Crippen LogP contribution in [0.15, 0.2) is 24.4 Å². The van der Waals surface area contributed by atoms with E-state index in [9.17, 15) is 4.79 Å². The maximum Gasteiger partial charge on any atom is 0.254 e. The number of rotatable bonds is 2. The molecular formula is C18H21N5O. The number of amides is 1. The Morgan fingerprint density at radius 3 is 2.96 bits per heavy atom. The van der Waals surface area contributed by atoms with E-state index < -0.39 is 0 Å². The minimum Gasteiger partial charge on any atom is -0.342 e. The Kier molecular flexibility index (Phi) is 3.59. The SMILES string of the molecule is Cc1nc2ccc(C(=O)N3CCCC[C@H]3c3[nH]ncc3C)cc2[nH]1. The number of nitrogens with one attached hydrogen (secondary N) is 2. The summed E-state index contributed by atoms with van der Waals surface area (Å²) in [5.74, 6) is 0.932. The fraction of sp³-hybridized carbons (Fsp3) is 0.389. The zero-order chi connectivity index (χ0) is 16.7. The van der Waals surface area contributed by atoms with Crippen LogP contribution < -0.4 is 0 Å². The Hall–Kier alpha value is -2.63. The summed E-state index contributed by atoms with van der Waals surface area (Å²) < 4.78 is 0. The molecule has 1 fully saturated rings. The molecule has 0 unspecified atom stereocenters. The molecule has 3 heterocycles. The molecule has 1 amide bonds. The molecule has 1 aromatic carbocycles. The fourth-order valence-electron chi connectivity index (χ4n) is 3.60. The molecule has 1 aliphatic rings. The van der Waals surface area contributed by atoms with Gasteiger partial charge in [-0.1, -0.05) is 0 Å². The number of carbonyl (C=O) groups is 1. The average molecular weight is 323 g/mol. The van der Waals surface area contributed by atoms with E-state index in [0.717, 1.165) is 53.9 Å². The van der Waals surface area contributed by atoms with E-state index in [2.05, 4.69) is 20.2 Å². The number of fused-ring (bicyclic) bond motifs is 1. The van der Waals surface area contributed by atoms with Crippen molar-refractivity contribution in [2.75, 3.05) is 6.54 Å². The van der Waals surface area contributed by atoms with E-state index in [4.69, 9.17) is 0 Å². The molecule has 2 N–H and O–H groups in total. The Labute approximate surface area is 140 Å².